The first-order chi connectivity index (χ1) is 14.1. The number of methoxy groups -OCH3 is 3. The Hall–Kier alpha value is -2.92. The lowest BCUT2D eigenvalue weighted by atomic mass is 10.2. The molecule has 0 fully saturated rings. The highest BCUT2D eigenvalue weighted by atomic mass is 32.2. The Morgan fingerprint density at radius 2 is 1.93 bits per heavy atom. The van der Waals surface area contributed by atoms with E-state index in [0.717, 1.165) is 5.76 Å². The fourth-order valence-electron chi connectivity index (χ4n) is 2.39. The van der Waals surface area contributed by atoms with Crippen LogP contribution in [-0.4, -0.2) is 43.2 Å². The third-order valence-electron chi connectivity index (χ3n) is 3.68. The van der Waals surface area contributed by atoms with E-state index in [-0.39, 0.29) is 11.7 Å². The fraction of sp³-hybridized carbons (Fsp3) is 0.278. The number of anilines is 2. The predicted molar refractivity (Wildman–Crippen MR) is 111 cm³/mol. The maximum atomic E-state index is 12.3. The Kier molecular flexibility index (Phi) is 7.19. The minimum atomic E-state index is -0.190. The van der Waals surface area contributed by atoms with E-state index >= 15 is 0 Å². The summed E-state index contributed by atoms with van der Waals surface area (Å²) in [5.74, 6) is 2.19. The summed E-state index contributed by atoms with van der Waals surface area (Å²) in [6.45, 7) is 0.522. The molecule has 2 N–H and O–H groups in total. The van der Waals surface area contributed by atoms with Crippen molar-refractivity contribution < 1.29 is 23.4 Å². The van der Waals surface area contributed by atoms with Crippen molar-refractivity contribution in [2.45, 2.75) is 10.9 Å². The molecule has 0 aliphatic heterocycles. The van der Waals surface area contributed by atoms with Crippen LogP contribution in [0.15, 0.2) is 39.3 Å². The first-order valence-corrected chi connectivity index (χ1v) is 10.3. The lowest BCUT2D eigenvalue weighted by Crippen LogP contribution is -2.14. The molecule has 2 heterocycles. The highest BCUT2D eigenvalue weighted by Crippen LogP contribution is 2.40. The zero-order chi connectivity index (χ0) is 20.6. The molecule has 0 aliphatic carbocycles. The zero-order valence-corrected chi connectivity index (χ0v) is 17.7. The molecule has 3 rings (SSSR count). The van der Waals surface area contributed by atoms with E-state index in [9.17, 15) is 4.79 Å². The summed E-state index contributed by atoms with van der Waals surface area (Å²) < 4.78 is 21.8. The number of aromatic nitrogens is 2. The number of carbonyl (C=O) groups is 1. The van der Waals surface area contributed by atoms with Crippen LogP contribution < -0.4 is 24.8 Å². The highest BCUT2D eigenvalue weighted by molar-refractivity contribution is 8.01. The summed E-state index contributed by atoms with van der Waals surface area (Å²) in [5, 5.41) is 14.7. The van der Waals surface area contributed by atoms with Gasteiger partial charge in [0.25, 0.3) is 0 Å². The topological polar surface area (TPSA) is 108 Å². The number of nitrogens with zero attached hydrogens (tertiary/aromatic N) is 2. The monoisotopic (exact) mass is 436 g/mol. The van der Waals surface area contributed by atoms with E-state index in [0.29, 0.717) is 39.0 Å². The summed E-state index contributed by atoms with van der Waals surface area (Å²) >= 11 is 2.67. The van der Waals surface area contributed by atoms with Crippen LogP contribution in [0.5, 0.6) is 17.2 Å². The average molecular weight is 437 g/mol. The van der Waals surface area contributed by atoms with Gasteiger partial charge in [-0.05, 0) is 12.1 Å². The van der Waals surface area contributed by atoms with Crippen molar-refractivity contribution in [3.63, 3.8) is 0 Å². The lowest BCUT2D eigenvalue weighted by molar-refractivity contribution is -0.113. The molecule has 1 aromatic carbocycles. The Bertz CT molecular complexity index is 921. The van der Waals surface area contributed by atoms with E-state index in [4.69, 9.17) is 18.6 Å². The molecule has 154 valence electrons. The van der Waals surface area contributed by atoms with Gasteiger partial charge in [0.15, 0.2) is 15.8 Å². The number of thioether (sulfide) groups is 1. The first kappa shape index (κ1) is 20.8. The van der Waals surface area contributed by atoms with E-state index in [1.165, 1.54) is 44.4 Å². The fourth-order valence-corrected chi connectivity index (χ4v) is 3.94. The first-order valence-electron chi connectivity index (χ1n) is 8.45. The number of amides is 1. The predicted octanol–water partition coefficient (Wildman–Crippen LogP) is 3.50. The molecule has 0 aliphatic rings. The molecule has 1 amide bonds. The smallest absolute Gasteiger partial charge is 0.234 e. The number of rotatable bonds is 10. The van der Waals surface area contributed by atoms with Gasteiger partial charge in [-0.2, -0.15) is 0 Å². The molecule has 2 aromatic heterocycles. The summed E-state index contributed by atoms with van der Waals surface area (Å²) in [5.41, 5.74) is 0.545. The summed E-state index contributed by atoms with van der Waals surface area (Å²) in [6, 6.07) is 7.04. The van der Waals surface area contributed by atoms with Crippen molar-refractivity contribution in [3.8, 4) is 17.2 Å². The van der Waals surface area contributed by atoms with Gasteiger partial charge in [0.1, 0.15) is 5.76 Å². The third kappa shape index (κ3) is 5.55. The van der Waals surface area contributed by atoms with Crippen LogP contribution in [0.2, 0.25) is 0 Å². The van der Waals surface area contributed by atoms with Crippen LogP contribution in [0.25, 0.3) is 0 Å². The minimum Gasteiger partial charge on any atom is -0.493 e. The summed E-state index contributed by atoms with van der Waals surface area (Å²) in [7, 11) is 4.56. The molecular weight excluding hydrogens is 416 g/mol. The van der Waals surface area contributed by atoms with Crippen LogP contribution in [0.1, 0.15) is 5.76 Å². The third-order valence-corrected chi connectivity index (χ3v) is 5.69. The van der Waals surface area contributed by atoms with E-state index < -0.39 is 0 Å². The molecule has 0 bridgehead atoms. The minimum absolute atomic E-state index is 0.184. The second-order valence-corrected chi connectivity index (χ2v) is 7.76. The number of furan rings is 1. The van der Waals surface area contributed by atoms with Crippen LogP contribution in [0.4, 0.5) is 10.8 Å². The summed E-state index contributed by atoms with van der Waals surface area (Å²) in [6.07, 6.45) is 1.62. The van der Waals surface area contributed by atoms with Crippen molar-refractivity contribution in [1.29, 1.82) is 0 Å². The number of nitrogens with one attached hydrogen (secondary N) is 2. The van der Waals surface area contributed by atoms with Gasteiger partial charge < -0.3 is 29.3 Å². The quantitative estimate of drug-likeness (QED) is 0.462. The molecule has 0 saturated carbocycles. The maximum absolute atomic E-state index is 12.3. The van der Waals surface area contributed by atoms with Gasteiger partial charge in [-0.3, -0.25) is 4.79 Å². The Morgan fingerprint density at radius 3 is 2.55 bits per heavy atom. The van der Waals surface area contributed by atoms with Gasteiger partial charge in [-0.25, -0.2) is 0 Å². The van der Waals surface area contributed by atoms with Gasteiger partial charge in [0.2, 0.25) is 16.8 Å². The molecule has 0 unspecified atom stereocenters. The normalized spacial score (nSPS) is 10.4. The number of hydrogen-bond acceptors (Lipinski definition) is 10. The van der Waals surface area contributed by atoms with Crippen molar-refractivity contribution in [1.82, 2.24) is 10.2 Å². The van der Waals surface area contributed by atoms with Crippen molar-refractivity contribution in [3.05, 3.63) is 36.3 Å². The molecule has 29 heavy (non-hydrogen) atoms. The van der Waals surface area contributed by atoms with E-state index in [1.54, 1.807) is 18.4 Å². The number of ether oxygens (including phenoxy) is 3. The average Bonchev–Trinajstić information content (AvgIpc) is 3.41. The second kappa shape index (κ2) is 10.0. The van der Waals surface area contributed by atoms with E-state index in [1.807, 2.05) is 12.1 Å². The van der Waals surface area contributed by atoms with Gasteiger partial charge in [-0.1, -0.05) is 23.1 Å². The molecule has 0 spiro atoms. The molecule has 0 atom stereocenters. The largest absolute Gasteiger partial charge is 0.493 e. The highest BCUT2D eigenvalue weighted by Gasteiger charge is 2.15. The number of hydrogen-bond donors (Lipinski definition) is 2. The Labute approximate surface area is 175 Å². The standard InChI is InChI=1S/C18H20N4O5S2/c1-24-13-7-11(8-14(25-2)16(13)26-3)20-15(23)10-28-18-22-21-17(29-18)19-9-12-5-4-6-27-12/h4-8H,9-10H2,1-3H3,(H,19,21)(H,20,23). The molecule has 9 nitrogen and oxygen atoms in total. The van der Waals surface area contributed by atoms with Gasteiger partial charge in [-0.15, -0.1) is 10.2 Å². The van der Waals surface area contributed by atoms with Crippen molar-refractivity contribution >= 4 is 39.8 Å². The molecular formula is C18H20N4O5S2. The number of benzene rings is 1. The van der Waals surface area contributed by atoms with Crippen LogP contribution in [-0.2, 0) is 11.3 Å². The van der Waals surface area contributed by atoms with Gasteiger partial charge in [0.05, 0.1) is 39.9 Å². The maximum Gasteiger partial charge on any atom is 0.234 e. The second-order valence-electron chi connectivity index (χ2n) is 5.56. The van der Waals surface area contributed by atoms with Crippen LogP contribution in [0.3, 0.4) is 0 Å². The van der Waals surface area contributed by atoms with Gasteiger partial charge in [0, 0.05) is 17.8 Å². The summed E-state index contributed by atoms with van der Waals surface area (Å²) in [4.78, 5) is 12.3. The van der Waals surface area contributed by atoms with Crippen LogP contribution >= 0.6 is 23.1 Å². The molecule has 0 radical (unpaired) electrons. The van der Waals surface area contributed by atoms with Crippen LogP contribution in [0, 0.1) is 0 Å². The Morgan fingerprint density at radius 1 is 1.17 bits per heavy atom. The SMILES string of the molecule is COc1cc(NC(=O)CSc2nnc(NCc3ccco3)s2)cc(OC)c1OC. The van der Waals surface area contributed by atoms with Crippen molar-refractivity contribution in [2.75, 3.05) is 37.7 Å². The van der Waals surface area contributed by atoms with E-state index in [2.05, 4.69) is 20.8 Å². The lowest BCUT2D eigenvalue weighted by Gasteiger charge is -2.14. The zero-order valence-electron chi connectivity index (χ0n) is 16.1. The molecule has 11 heteroatoms. The molecule has 3 aromatic rings. The molecule has 0 saturated heterocycles. The van der Waals surface area contributed by atoms with Crippen molar-refractivity contribution in [2.24, 2.45) is 0 Å². The van der Waals surface area contributed by atoms with Gasteiger partial charge >= 0.3 is 0 Å². The Balaban J connectivity index is 1.53. The number of carbonyl (C=O) groups excluding carboxylic acids is 1.